The van der Waals surface area contributed by atoms with E-state index < -0.39 is 18.0 Å². The number of carboxylic acid groups (broad SMARTS) is 1. The summed E-state index contributed by atoms with van der Waals surface area (Å²) in [6, 6.07) is -1.23. The van der Waals surface area contributed by atoms with Gasteiger partial charge in [-0.15, -0.1) is 0 Å². The Bertz CT molecular complexity index is 320. The number of hydrogen-bond acceptors (Lipinski definition) is 3. The van der Waals surface area contributed by atoms with E-state index in [1.165, 1.54) is 0 Å². The van der Waals surface area contributed by atoms with Crippen LogP contribution in [0.4, 0.5) is 4.79 Å². The summed E-state index contributed by atoms with van der Waals surface area (Å²) in [4.78, 5) is 24.9. The second kappa shape index (κ2) is 7.33. The maximum absolute atomic E-state index is 11.7. The molecular weight excluding hydrogens is 246 g/mol. The lowest BCUT2D eigenvalue weighted by molar-refractivity contribution is -0.140. The lowest BCUT2D eigenvalue weighted by Crippen LogP contribution is -2.50. The summed E-state index contributed by atoms with van der Waals surface area (Å²) in [5, 5.41) is 14.3. The first-order chi connectivity index (χ1) is 8.90. The van der Waals surface area contributed by atoms with Crippen LogP contribution in [-0.2, 0) is 4.79 Å². The molecule has 0 spiro atoms. The smallest absolute Gasteiger partial charge is 0.326 e. The number of carbonyl (C=O) groups is 2. The molecule has 1 saturated heterocycles. The van der Waals surface area contributed by atoms with Gasteiger partial charge in [0.25, 0.3) is 0 Å². The van der Waals surface area contributed by atoms with Gasteiger partial charge in [0.15, 0.2) is 0 Å². The zero-order valence-corrected chi connectivity index (χ0v) is 12.0. The van der Waals surface area contributed by atoms with Crippen molar-refractivity contribution in [1.29, 1.82) is 0 Å². The monoisotopic (exact) mass is 271 g/mol. The third-order valence-electron chi connectivity index (χ3n) is 3.49. The molecular formula is C13H25N3O3. The second-order valence-electron chi connectivity index (χ2n) is 5.68. The van der Waals surface area contributed by atoms with Crippen LogP contribution in [0.2, 0.25) is 0 Å². The van der Waals surface area contributed by atoms with Gasteiger partial charge in [0.05, 0.1) is 0 Å². The van der Waals surface area contributed by atoms with Gasteiger partial charge in [0.2, 0.25) is 0 Å². The minimum atomic E-state index is -0.998. The standard InChI is InChI=1S/C13H25N3O3/c1-9(2)11(12(17)18)15-13(19)14-7-10-5-4-6-16(3)8-10/h9-11H,4-8H2,1-3H3,(H,17,18)(H2,14,15,19). The van der Waals surface area contributed by atoms with Crippen molar-refractivity contribution in [2.24, 2.45) is 11.8 Å². The first-order valence-electron chi connectivity index (χ1n) is 6.86. The molecule has 6 heteroatoms. The van der Waals surface area contributed by atoms with Crippen molar-refractivity contribution in [2.45, 2.75) is 32.7 Å². The fourth-order valence-corrected chi connectivity index (χ4v) is 2.38. The highest BCUT2D eigenvalue weighted by Gasteiger charge is 2.24. The van der Waals surface area contributed by atoms with E-state index in [9.17, 15) is 9.59 Å². The molecule has 0 bridgehead atoms. The predicted octanol–water partition coefficient (Wildman–Crippen LogP) is 0.737. The lowest BCUT2D eigenvalue weighted by atomic mass is 9.98. The number of rotatable bonds is 5. The SMILES string of the molecule is CC(C)C(NC(=O)NCC1CCCN(C)C1)C(=O)O. The molecule has 1 aliphatic rings. The number of likely N-dealkylation sites (tertiary alicyclic amines) is 1. The minimum absolute atomic E-state index is 0.135. The highest BCUT2D eigenvalue weighted by atomic mass is 16.4. The van der Waals surface area contributed by atoms with Crippen LogP contribution in [-0.4, -0.2) is 54.7 Å². The van der Waals surface area contributed by atoms with Gasteiger partial charge in [-0.25, -0.2) is 9.59 Å². The number of urea groups is 1. The molecule has 2 amide bonds. The fourth-order valence-electron chi connectivity index (χ4n) is 2.38. The first kappa shape index (κ1) is 15.8. The molecule has 1 fully saturated rings. The third kappa shape index (κ3) is 5.46. The topological polar surface area (TPSA) is 81.7 Å². The van der Waals surface area contributed by atoms with Crippen LogP contribution in [0.1, 0.15) is 26.7 Å². The summed E-state index contributed by atoms with van der Waals surface area (Å²) in [5.74, 6) is -0.682. The Morgan fingerprint density at radius 2 is 2.11 bits per heavy atom. The Hall–Kier alpha value is -1.30. The van der Waals surface area contributed by atoms with Crippen LogP contribution in [0.3, 0.4) is 0 Å². The van der Waals surface area contributed by atoms with Gasteiger partial charge in [-0.1, -0.05) is 13.8 Å². The van der Waals surface area contributed by atoms with Crippen molar-refractivity contribution >= 4 is 12.0 Å². The number of carboxylic acids is 1. The van der Waals surface area contributed by atoms with E-state index >= 15 is 0 Å². The summed E-state index contributed by atoms with van der Waals surface area (Å²) in [6.07, 6.45) is 2.26. The third-order valence-corrected chi connectivity index (χ3v) is 3.49. The van der Waals surface area contributed by atoms with Gasteiger partial charge in [0, 0.05) is 13.1 Å². The summed E-state index contributed by atoms with van der Waals surface area (Å²) in [6.45, 7) is 6.23. The van der Waals surface area contributed by atoms with Crippen LogP contribution in [0, 0.1) is 11.8 Å². The predicted molar refractivity (Wildman–Crippen MR) is 73.0 cm³/mol. The maximum atomic E-state index is 11.7. The largest absolute Gasteiger partial charge is 0.480 e. The van der Waals surface area contributed by atoms with Crippen molar-refractivity contribution in [3.05, 3.63) is 0 Å². The quantitative estimate of drug-likeness (QED) is 0.689. The molecule has 1 rings (SSSR count). The first-order valence-corrected chi connectivity index (χ1v) is 6.86. The number of aliphatic carboxylic acids is 1. The molecule has 0 saturated carbocycles. The van der Waals surface area contributed by atoms with Crippen molar-refractivity contribution < 1.29 is 14.7 Å². The Labute approximate surface area is 114 Å². The molecule has 1 heterocycles. The Kier molecular flexibility index (Phi) is 6.08. The highest BCUT2D eigenvalue weighted by Crippen LogP contribution is 2.13. The number of hydrogen-bond donors (Lipinski definition) is 3. The average molecular weight is 271 g/mol. The number of amides is 2. The Morgan fingerprint density at radius 1 is 1.42 bits per heavy atom. The minimum Gasteiger partial charge on any atom is -0.480 e. The molecule has 0 aromatic heterocycles. The van der Waals surface area contributed by atoms with Crippen LogP contribution in [0.5, 0.6) is 0 Å². The van der Waals surface area contributed by atoms with Crippen LogP contribution >= 0.6 is 0 Å². The van der Waals surface area contributed by atoms with E-state index in [1.54, 1.807) is 13.8 Å². The summed E-state index contributed by atoms with van der Waals surface area (Å²) in [5.41, 5.74) is 0. The fraction of sp³-hybridized carbons (Fsp3) is 0.846. The molecule has 1 aliphatic heterocycles. The van der Waals surface area contributed by atoms with Crippen molar-refractivity contribution in [2.75, 3.05) is 26.7 Å². The van der Waals surface area contributed by atoms with Gasteiger partial charge >= 0.3 is 12.0 Å². The van der Waals surface area contributed by atoms with Crippen LogP contribution in [0.15, 0.2) is 0 Å². The van der Waals surface area contributed by atoms with E-state index in [4.69, 9.17) is 5.11 Å². The molecule has 6 nitrogen and oxygen atoms in total. The lowest BCUT2D eigenvalue weighted by Gasteiger charge is -2.29. The average Bonchev–Trinajstić information content (AvgIpc) is 2.32. The molecule has 2 atom stereocenters. The van der Waals surface area contributed by atoms with Crippen LogP contribution < -0.4 is 10.6 Å². The Balaban J connectivity index is 2.32. The molecule has 110 valence electrons. The second-order valence-corrected chi connectivity index (χ2v) is 5.68. The van der Waals surface area contributed by atoms with Gasteiger partial charge in [0.1, 0.15) is 6.04 Å². The van der Waals surface area contributed by atoms with Crippen LogP contribution in [0.25, 0.3) is 0 Å². The van der Waals surface area contributed by atoms with E-state index in [0.29, 0.717) is 12.5 Å². The molecule has 0 radical (unpaired) electrons. The molecule has 19 heavy (non-hydrogen) atoms. The number of nitrogens with zero attached hydrogens (tertiary/aromatic N) is 1. The van der Waals surface area contributed by atoms with Crippen molar-refractivity contribution in [3.63, 3.8) is 0 Å². The number of carbonyl (C=O) groups excluding carboxylic acids is 1. The molecule has 2 unspecified atom stereocenters. The zero-order chi connectivity index (χ0) is 14.4. The summed E-state index contributed by atoms with van der Waals surface area (Å²) >= 11 is 0. The summed E-state index contributed by atoms with van der Waals surface area (Å²) in [7, 11) is 2.07. The summed E-state index contributed by atoms with van der Waals surface area (Å²) < 4.78 is 0. The number of piperidine rings is 1. The molecule has 0 aliphatic carbocycles. The maximum Gasteiger partial charge on any atom is 0.326 e. The van der Waals surface area contributed by atoms with Gasteiger partial charge < -0.3 is 20.6 Å². The van der Waals surface area contributed by atoms with E-state index in [-0.39, 0.29) is 5.92 Å². The van der Waals surface area contributed by atoms with Crippen molar-refractivity contribution in [1.82, 2.24) is 15.5 Å². The molecule has 0 aromatic rings. The van der Waals surface area contributed by atoms with Crippen molar-refractivity contribution in [3.8, 4) is 0 Å². The molecule has 0 aromatic carbocycles. The van der Waals surface area contributed by atoms with Gasteiger partial charge in [-0.2, -0.15) is 0 Å². The van der Waals surface area contributed by atoms with Gasteiger partial charge in [-0.3, -0.25) is 0 Å². The Morgan fingerprint density at radius 3 is 2.63 bits per heavy atom. The van der Waals surface area contributed by atoms with E-state index in [0.717, 1.165) is 25.9 Å². The molecule has 3 N–H and O–H groups in total. The van der Waals surface area contributed by atoms with Gasteiger partial charge in [-0.05, 0) is 38.3 Å². The normalized spacial score (nSPS) is 22.0. The van der Waals surface area contributed by atoms with E-state index in [1.807, 2.05) is 0 Å². The zero-order valence-electron chi connectivity index (χ0n) is 12.0. The highest BCUT2D eigenvalue weighted by molar-refractivity contribution is 5.82. The van der Waals surface area contributed by atoms with E-state index in [2.05, 4.69) is 22.6 Å². The number of nitrogens with one attached hydrogen (secondary N) is 2.